The van der Waals surface area contributed by atoms with Crippen LogP contribution in [0.2, 0.25) is 0 Å². The Morgan fingerprint density at radius 2 is 1.92 bits per heavy atom. The minimum absolute atomic E-state index is 0.00466. The topological polar surface area (TPSA) is 83.6 Å². The van der Waals surface area contributed by atoms with Crippen LogP contribution >= 0.6 is 0 Å². The smallest absolute Gasteiger partial charge is 0.238 e. The third-order valence-electron chi connectivity index (χ3n) is 5.49. The second-order valence-corrected chi connectivity index (χ2v) is 9.56. The summed E-state index contributed by atoms with van der Waals surface area (Å²) in [6.45, 7) is 4.15. The molecule has 0 bridgehead atoms. The average Bonchev–Trinajstić information content (AvgIpc) is 3.35. The molecule has 3 rings (SSSR count). The predicted molar refractivity (Wildman–Crippen MR) is 99.1 cm³/mol. The van der Waals surface area contributed by atoms with Gasteiger partial charge >= 0.3 is 0 Å². The maximum atomic E-state index is 13.1. The number of sulfone groups is 1. The number of nitrogens with one attached hydrogen (secondary N) is 1. The van der Waals surface area contributed by atoms with Crippen molar-refractivity contribution in [2.45, 2.75) is 45.2 Å². The first-order chi connectivity index (χ1) is 12.3. The zero-order valence-electron chi connectivity index (χ0n) is 15.3. The van der Waals surface area contributed by atoms with Crippen molar-refractivity contribution in [3.63, 3.8) is 0 Å². The predicted octanol–water partition coefficient (Wildman–Crippen LogP) is 1.68. The Morgan fingerprint density at radius 3 is 2.42 bits per heavy atom. The van der Waals surface area contributed by atoms with Crippen molar-refractivity contribution in [3.8, 4) is 0 Å². The standard InChI is InChI=1S/C19H26N2O4S/c1-3-21(16-9-12-26(24,25)13-16)18(23)19(10-11-19)17(22)20-14(2)15-7-5-4-6-8-15/h4-8,14,16H,3,9-13H2,1-2H3,(H,20,22). The van der Waals surface area contributed by atoms with Crippen molar-refractivity contribution in [1.29, 1.82) is 0 Å². The molecule has 6 nitrogen and oxygen atoms in total. The van der Waals surface area contributed by atoms with Crippen LogP contribution in [-0.4, -0.2) is 49.2 Å². The van der Waals surface area contributed by atoms with Crippen LogP contribution in [0.25, 0.3) is 0 Å². The number of hydrogen-bond donors (Lipinski definition) is 1. The van der Waals surface area contributed by atoms with Gasteiger partial charge in [-0.1, -0.05) is 30.3 Å². The number of amides is 2. The van der Waals surface area contributed by atoms with E-state index in [1.54, 1.807) is 4.90 Å². The lowest BCUT2D eigenvalue weighted by Crippen LogP contribution is -2.49. The molecule has 0 radical (unpaired) electrons. The normalized spacial score (nSPS) is 23.8. The molecule has 1 N–H and O–H groups in total. The Labute approximate surface area is 154 Å². The highest BCUT2D eigenvalue weighted by Crippen LogP contribution is 2.48. The molecule has 2 fully saturated rings. The summed E-state index contributed by atoms with van der Waals surface area (Å²) >= 11 is 0. The van der Waals surface area contributed by atoms with Crippen molar-refractivity contribution >= 4 is 21.7 Å². The van der Waals surface area contributed by atoms with Gasteiger partial charge in [0, 0.05) is 12.6 Å². The number of carbonyl (C=O) groups is 2. The summed E-state index contributed by atoms with van der Waals surface area (Å²) in [5, 5.41) is 2.96. The molecule has 1 heterocycles. The van der Waals surface area contributed by atoms with Gasteiger partial charge in [-0.05, 0) is 38.7 Å². The third-order valence-corrected chi connectivity index (χ3v) is 7.24. The number of carbonyl (C=O) groups excluding carboxylic acids is 2. The molecule has 1 aromatic rings. The Kier molecular flexibility index (Phi) is 5.10. The molecule has 142 valence electrons. The lowest BCUT2D eigenvalue weighted by Gasteiger charge is -2.31. The maximum Gasteiger partial charge on any atom is 0.238 e. The SMILES string of the molecule is CCN(C(=O)C1(C(=O)NC(C)c2ccccc2)CC1)C1CCS(=O)(=O)C1. The monoisotopic (exact) mass is 378 g/mol. The molecule has 1 saturated carbocycles. The average molecular weight is 378 g/mol. The first kappa shape index (κ1) is 18.9. The van der Waals surface area contributed by atoms with Crippen LogP contribution in [-0.2, 0) is 19.4 Å². The molecular weight excluding hydrogens is 352 g/mol. The molecule has 26 heavy (non-hydrogen) atoms. The molecule has 1 aliphatic heterocycles. The Hall–Kier alpha value is -1.89. The van der Waals surface area contributed by atoms with Crippen LogP contribution in [0.15, 0.2) is 30.3 Å². The molecular formula is C19H26N2O4S. The highest BCUT2D eigenvalue weighted by Gasteiger charge is 2.59. The molecule has 0 spiro atoms. The molecule has 7 heteroatoms. The first-order valence-corrected chi connectivity index (χ1v) is 11.0. The van der Waals surface area contributed by atoms with Gasteiger partial charge in [0.15, 0.2) is 9.84 Å². The van der Waals surface area contributed by atoms with Crippen LogP contribution in [0.1, 0.15) is 44.7 Å². The molecule has 2 aliphatic rings. The molecule has 2 unspecified atom stereocenters. The van der Waals surface area contributed by atoms with Gasteiger partial charge in [0.1, 0.15) is 5.41 Å². The highest BCUT2D eigenvalue weighted by molar-refractivity contribution is 7.91. The Bertz CT molecular complexity index is 787. The van der Waals surface area contributed by atoms with Crippen molar-refractivity contribution < 1.29 is 18.0 Å². The van der Waals surface area contributed by atoms with Crippen molar-refractivity contribution in [2.24, 2.45) is 5.41 Å². The van der Waals surface area contributed by atoms with Crippen LogP contribution in [0.3, 0.4) is 0 Å². The van der Waals surface area contributed by atoms with Gasteiger partial charge in [-0.15, -0.1) is 0 Å². The van der Waals surface area contributed by atoms with Gasteiger partial charge in [-0.2, -0.15) is 0 Å². The van der Waals surface area contributed by atoms with Gasteiger partial charge in [-0.25, -0.2) is 8.42 Å². The fourth-order valence-corrected chi connectivity index (χ4v) is 5.42. The van der Waals surface area contributed by atoms with Gasteiger partial charge in [0.05, 0.1) is 17.5 Å². The van der Waals surface area contributed by atoms with Crippen LogP contribution in [0.4, 0.5) is 0 Å². The molecule has 1 aliphatic carbocycles. The minimum Gasteiger partial charge on any atom is -0.349 e. The maximum absolute atomic E-state index is 13.1. The summed E-state index contributed by atoms with van der Waals surface area (Å²) < 4.78 is 23.5. The molecule has 1 aromatic carbocycles. The van der Waals surface area contributed by atoms with Crippen molar-refractivity contribution in [2.75, 3.05) is 18.1 Å². The van der Waals surface area contributed by atoms with E-state index in [0.29, 0.717) is 25.8 Å². The molecule has 2 amide bonds. The quantitative estimate of drug-likeness (QED) is 0.764. The van der Waals surface area contributed by atoms with Gasteiger partial charge < -0.3 is 10.2 Å². The Morgan fingerprint density at radius 1 is 1.27 bits per heavy atom. The van der Waals surface area contributed by atoms with E-state index in [1.807, 2.05) is 44.2 Å². The summed E-state index contributed by atoms with van der Waals surface area (Å²) in [7, 11) is -3.08. The second kappa shape index (κ2) is 7.02. The van der Waals surface area contributed by atoms with E-state index in [4.69, 9.17) is 0 Å². The first-order valence-electron chi connectivity index (χ1n) is 9.16. The third kappa shape index (κ3) is 3.63. The summed E-state index contributed by atoms with van der Waals surface area (Å²) in [6.07, 6.45) is 1.50. The Balaban J connectivity index is 1.70. The summed E-state index contributed by atoms with van der Waals surface area (Å²) in [4.78, 5) is 27.5. The van der Waals surface area contributed by atoms with Crippen molar-refractivity contribution in [1.82, 2.24) is 10.2 Å². The van der Waals surface area contributed by atoms with E-state index < -0.39 is 15.3 Å². The number of nitrogens with zero attached hydrogens (tertiary/aromatic N) is 1. The second-order valence-electron chi connectivity index (χ2n) is 7.34. The molecule has 2 atom stereocenters. The highest BCUT2D eigenvalue weighted by atomic mass is 32.2. The van der Waals surface area contributed by atoms with Crippen LogP contribution < -0.4 is 5.32 Å². The zero-order valence-corrected chi connectivity index (χ0v) is 16.1. The number of benzene rings is 1. The van der Waals surface area contributed by atoms with E-state index in [1.165, 1.54) is 0 Å². The summed E-state index contributed by atoms with van der Waals surface area (Å²) in [5.74, 6) is -0.353. The van der Waals surface area contributed by atoms with Gasteiger partial charge in [-0.3, -0.25) is 9.59 Å². The summed E-state index contributed by atoms with van der Waals surface area (Å²) in [6, 6.07) is 9.12. The van der Waals surface area contributed by atoms with Crippen LogP contribution in [0, 0.1) is 5.41 Å². The summed E-state index contributed by atoms with van der Waals surface area (Å²) in [5.41, 5.74) is -0.0379. The fourth-order valence-electron chi connectivity index (χ4n) is 3.69. The number of rotatable bonds is 6. The minimum atomic E-state index is -3.08. The van der Waals surface area contributed by atoms with E-state index >= 15 is 0 Å². The lowest BCUT2D eigenvalue weighted by atomic mass is 10.0. The number of hydrogen-bond acceptors (Lipinski definition) is 4. The van der Waals surface area contributed by atoms with E-state index in [2.05, 4.69) is 5.32 Å². The van der Waals surface area contributed by atoms with E-state index in [-0.39, 0.29) is 35.4 Å². The lowest BCUT2D eigenvalue weighted by molar-refractivity contribution is -0.145. The fraction of sp³-hybridized carbons (Fsp3) is 0.579. The van der Waals surface area contributed by atoms with E-state index in [9.17, 15) is 18.0 Å². The largest absolute Gasteiger partial charge is 0.349 e. The van der Waals surface area contributed by atoms with Crippen molar-refractivity contribution in [3.05, 3.63) is 35.9 Å². The molecule has 0 aromatic heterocycles. The van der Waals surface area contributed by atoms with Gasteiger partial charge in [0.25, 0.3) is 0 Å². The molecule has 1 saturated heterocycles. The van der Waals surface area contributed by atoms with Gasteiger partial charge in [0.2, 0.25) is 11.8 Å². The zero-order chi connectivity index (χ0) is 18.9. The van der Waals surface area contributed by atoms with Crippen LogP contribution in [0.5, 0.6) is 0 Å². The van der Waals surface area contributed by atoms with E-state index in [0.717, 1.165) is 5.56 Å².